The second-order valence-corrected chi connectivity index (χ2v) is 9.37. The van der Waals surface area contributed by atoms with E-state index >= 15 is 0 Å². The van der Waals surface area contributed by atoms with E-state index < -0.39 is 34.0 Å². The van der Waals surface area contributed by atoms with Crippen LogP contribution in [0.25, 0.3) is 0 Å². The molecule has 1 amide bonds. The second-order valence-electron chi connectivity index (χ2n) is 7.48. The minimum atomic E-state index is -3.83. The number of nitrogens with zero attached hydrogens (tertiary/aromatic N) is 1. The number of aryl methyl sites for hydroxylation is 1. The van der Waals surface area contributed by atoms with Gasteiger partial charge in [0, 0.05) is 6.54 Å². The van der Waals surface area contributed by atoms with Gasteiger partial charge in [-0.25, -0.2) is 13.2 Å². The quantitative estimate of drug-likeness (QED) is 0.708. The van der Waals surface area contributed by atoms with Crippen molar-refractivity contribution in [2.24, 2.45) is 0 Å². The average Bonchev–Trinajstić information content (AvgIpc) is 3.19. The first-order chi connectivity index (χ1) is 13.8. The predicted octanol–water partition coefficient (Wildman–Crippen LogP) is 2.38. The molecule has 1 aliphatic heterocycles. The number of aliphatic carboxylic acids is 1. The number of allylic oxidation sites excluding steroid dienone is 3. The minimum Gasteiger partial charge on any atom is -0.480 e. The first-order valence-corrected chi connectivity index (χ1v) is 11.2. The maximum Gasteiger partial charge on any atom is 0.326 e. The summed E-state index contributed by atoms with van der Waals surface area (Å²) < 4.78 is 27.2. The second kappa shape index (κ2) is 8.92. The van der Waals surface area contributed by atoms with Crippen LogP contribution in [0, 0.1) is 6.92 Å². The molecule has 2 N–H and O–H groups in total. The Bertz CT molecular complexity index is 934. The van der Waals surface area contributed by atoms with Crippen molar-refractivity contribution in [1.29, 1.82) is 0 Å². The lowest BCUT2D eigenvalue weighted by Crippen LogP contribution is -2.50. The van der Waals surface area contributed by atoms with Crippen molar-refractivity contribution in [1.82, 2.24) is 9.62 Å². The fourth-order valence-electron chi connectivity index (χ4n) is 3.69. The Morgan fingerprint density at radius 3 is 2.62 bits per heavy atom. The van der Waals surface area contributed by atoms with E-state index in [4.69, 9.17) is 0 Å². The van der Waals surface area contributed by atoms with Crippen molar-refractivity contribution in [2.45, 2.75) is 56.0 Å². The van der Waals surface area contributed by atoms with Gasteiger partial charge in [-0.05, 0) is 51.2 Å². The number of carboxylic acid groups (broad SMARTS) is 1. The van der Waals surface area contributed by atoms with E-state index in [0.29, 0.717) is 12.8 Å². The number of carboxylic acids is 1. The summed E-state index contributed by atoms with van der Waals surface area (Å²) in [4.78, 5) is 24.6. The Balaban J connectivity index is 1.74. The Labute approximate surface area is 171 Å². The molecule has 156 valence electrons. The van der Waals surface area contributed by atoms with Crippen LogP contribution < -0.4 is 5.32 Å². The lowest BCUT2D eigenvalue weighted by atomic mass is 9.98. The molecule has 0 aromatic heterocycles. The zero-order valence-electron chi connectivity index (χ0n) is 16.4. The molecule has 2 aliphatic rings. The number of amides is 1. The molecular weight excluding hydrogens is 392 g/mol. The molecule has 1 heterocycles. The van der Waals surface area contributed by atoms with E-state index in [9.17, 15) is 23.1 Å². The number of rotatable bonds is 7. The highest BCUT2D eigenvalue weighted by atomic mass is 32.2. The maximum absolute atomic E-state index is 13.0. The van der Waals surface area contributed by atoms with Crippen molar-refractivity contribution < 1.29 is 23.1 Å². The molecule has 7 nitrogen and oxygen atoms in total. The molecule has 1 aliphatic carbocycles. The summed E-state index contributed by atoms with van der Waals surface area (Å²) in [5, 5.41) is 12.1. The third kappa shape index (κ3) is 4.94. The molecule has 1 fully saturated rings. The van der Waals surface area contributed by atoms with Gasteiger partial charge in [-0.15, -0.1) is 0 Å². The number of nitrogens with one attached hydrogen (secondary N) is 1. The molecule has 1 aromatic carbocycles. The SMILES string of the molecule is Cc1ccc(S(=O)(=O)N2CCC[C@H]2C(=O)N[C@@H](CC2=CC=CCC2)C(=O)O)cc1. The molecule has 2 atom stereocenters. The maximum atomic E-state index is 13.0. The molecule has 0 saturated carbocycles. The van der Waals surface area contributed by atoms with Crippen molar-refractivity contribution in [2.75, 3.05) is 6.54 Å². The highest BCUT2D eigenvalue weighted by molar-refractivity contribution is 7.89. The van der Waals surface area contributed by atoms with Crippen LogP contribution in [-0.4, -0.2) is 48.3 Å². The molecule has 0 bridgehead atoms. The van der Waals surface area contributed by atoms with Crippen molar-refractivity contribution in [3.63, 3.8) is 0 Å². The third-order valence-electron chi connectivity index (χ3n) is 5.31. The number of hydrogen-bond donors (Lipinski definition) is 2. The van der Waals surface area contributed by atoms with E-state index in [0.717, 1.165) is 24.0 Å². The molecule has 3 rings (SSSR count). The lowest BCUT2D eigenvalue weighted by molar-refractivity contribution is -0.142. The van der Waals surface area contributed by atoms with Crippen LogP contribution in [-0.2, 0) is 19.6 Å². The average molecular weight is 419 g/mol. The summed E-state index contributed by atoms with van der Waals surface area (Å²) in [6.07, 6.45) is 8.49. The van der Waals surface area contributed by atoms with Crippen molar-refractivity contribution in [3.05, 3.63) is 53.6 Å². The number of carbonyl (C=O) groups excluding carboxylic acids is 1. The molecule has 0 unspecified atom stereocenters. The zero-order chi connectivity index (χ0) is 21.0. The predicted molar refractivity (Wildman–Crippen MR) is 109 cm³/mol. The number of carbonyl (C=O) groups is 2. The van der Waals surface area contributed by atoms with Gasteiger partial charge in [0.15, 0.2) is 0 Å². The molecule has 0 spiro atoms. The summed E-state index contributed by atoms with van der Waals surface area (Å²) in [5.74, 6) is -1.68. The largest absolute Gasteiger partial charge is 0.480 e. The van der Waals surface area contributed by atoms with Gasteiger partial charge in [-0.2, -0.15) is 4.31 Å². The van der Waals surface area contributed by atoms with Gasteiger partial charge in [0.2, 0.25) is 15.9 Å². The van der Waals surface area contributed by atoms with Gasteiger partial charge >= 0.3 is 5.97 Å². The minimum absolute atomic E-state index is 0.136. The van der Waals surface area contributed by atoms with Crippen molar-refractivity contribution >= 4 is 21.9 Å². The van der Waals surface area contributed by atoms with E-state index in [2.05, 4.69) is 5.32 Å². The number of benzene rings is 1. The zero-order valence-corrected chi connectivity index (χ0v) is 17.2. The summed E-state index contributed by atoms with van der Waals surface area (Å²) in [7, 11) is -3.83. The molecule has 29 heavy (non-hydrogen) atoms. The highest BCUT2D eigenvalue weighted by Crippen LogP contribution is 2.27. The Morgan fingerprint density at radius 1 is 1.28 bits per heavy atom. The molecule has 1 saturated heterocycles. The van der Waals surface area contributed by atoms with Crippen LogP contribution in [0.3, 0.4) is 0 Å². The Hall–Kier alpha value is -2.45. The van der Waals surface area contributed by atoms with E-state index in [1.54, 1.807) is 12.1 Å². The third-order valence-corrected chi connectivity index (χ3v) is 7.24. The standard InChI is InChI=1S/C21H26N2O5S/c1-15-9-11-17(12-10-15)29(27,28)23-13-5-8-19(23)20(24)22-18(21(25)26)14-16-6-3-2-4-7-16/h2-3,6,9-12,18-19H,4-5,7-8,13-14H2,1H3,(H,22,24)(H,25,26)/t18-,19-/m0/s1. The van der Waals surface area contributed by atoms with Crippen LogP contribution >= 0.6 is 0 Å². The Morgan fingerprint density at radius 2 is 2.00 bits per heavy atom. The van der Waals surface area contributed by atoms with Gasteiger partial charge in [-0.3, -0.25) is 4.79 Å². The summed E-state index contributed by atoms with van der Waals surface area (Å²) in [6, 6.07) is 4.51. The van der Waals surface area contributed by atoms with Crippen LogP contribution in [0.5, 0.6) is 0 Å². The van der Waals surface area contributed by atoms with E-state index in [1.807, 2.05) is 25.2 Å². The van der Waals surface area contributed by atoms with Gasteiger partial charge in [0.1, 0.15) is 12.1 Å². The normalized spacial score (nSPS) is 20.9. The lowest BCUT2D eigenvalue weighted by Gasteiger charge is -2.25. The monoisotopic (exact) mass is 418 g/mol. The molecule has 8 heteroatoms. The van der Waals surface area contributed by atoms with E-state index in [1.165, 1.54) is 16.4 Å². The fourth-order valence-corrected chi connectivity index (χ4v) is 5.34. The summed E-state index contributed by atoms with van der Waals surface area (Å²) in [6.45, 7) is 2.11. The molecule has 0 radical (unpaired) electrons. The van der Waals surface area contributed by atoms with E-state index in [-0.39, 0.29) is 17.9 Å². The van der Waals surface area contributed by atoms with Gasteiger partial charge in [-0.1, -0.05) is 41.5 Å². The van der Waals surface area contributed by atoms with Gasteiger partial charge in [0.25, 0.3) is 0 Å². The molecule has 1 aromatic rings. The van der Waals surface area contributed by atoms with Gasteiger partial charge in [0.05, 0.1) is 4.90 Å². The number of sulfonamides is 1. The fraction of sp³-hybridized carbons (Fsp3) is 0.429. The van der Waals surface area contributed by atoms with Crippen LogP contribution in [0.1, 0.15) is 37.7 Å². The smallest absolute Gasteiger partial charge is 0.326 e. The topological polar surface area (TPSA) is 104 Å². The first-order valence-electron chi connectivity index (χ1n) is 9.75. The van der Waals surface area contributed by atoms with Crippen LogP contribution in [0.4, 0.5) is 0 Å². The van der Waals surface area contributed by atoms with Crippen molar-refractivity contribution in [3.8, 4) is 0 Å². The van der Waals surface area contributed by atoms with Crippen LogP contribution in [0.15, 0.2) is 53.0 Å². The molecular formula is C21H26N2O5S. The highest BCUT2D eigenvalue weighted by Gasteiger charge is 2.40. The first kappa shape index (κ1) is 21.3. The number of hydrogen-bond acceptors (Lipinski definition) is 4. The summed E-state index contributed by atoms with van der Waals surface area (Å²) >= 11 is 0. The summed E-state index contributed by atoms with van der Waals surface area (Å²) in [5.41, 5.74) is 1.89. The van der Waals surface area contributed by atoms with Crippen LogP contribution in [0.2, 0.25) is 0 Å². The Kier molecular flexibility index (Phi) is 6.54. The van der Waals surface area contributed by atoms with Gasteiger partial charge < -0.3 is 10.4 Å².